The lowest BCUT2D eigenvalue weighted by Gasteiger charge is -1.75. The Hall–Kier alpha value is -0.0500. The van der Waals surface area contributed by atoms with Crippen LogP contribution in [-0.4, -0.2) is 25.5 Å². The molecule has 0 radical (unpaired) electrons. The Balaban J connectivity index is -0.0000000853. The van der Waals surface area contributed by atoms with Gasteiger partial charge in [0.1, 0.15) is 0 Å². The van der Waals surface area contributed by atoms with Gasteiger partial charge in [-0.15, -0.1) is 37.9 Å². The molecular formula is C12H24O4S4. The normalized spacial score (nSPS) is 7.55. The van der Waals surface area contributed by atoms with Crippen molar-refractivity contribution in [3.8, 4) is 0 Å². The highest BCUT2D eigenvalue weighted by Gasteiger charge is 1.81. The van der Waals surface area contributed by atoms with Crippen molar-refractivity contribution >= 4 is 70.5 Å². The number of carbonyl (C=O) groups excluding carboxylic acids is 2. The van der Waals surface area contributed by atoms with Crippen molar-refractivity contribution in [2.45, 2.75) is 53.4 Å². The molecule has 4 nitrogen and oxygen atoms in total. The van der Waals surface area contributed by atoms with Gasteiger partial charge in [0.25, 0.3) is 0 Å². The van der Waals surface area contributed by atoms with Gasteiger partial charge in [-0.25, -0.2) is 0 Å². The first-order valence-corrected chi connectivity index (χ1v) is 7.70. The number of hydrogen-bond acceptors (Lipinski definition) is 4. The summed E-state index contributed by atoms with van der Waals surface area (Å²) in [6.45, 7) is 7.13. The van der Waals surface area contributed by atoms with Gasteiger partial charge in [-0.1, -0.05) is 39.9 Å². The Labute approximate surface area is 143 Å². The number of thiol groups is 3. The fraction of sp³-hybridized carbons (Fsp3) is 0.667. The Morgan fingerprint density at radius 3 is 0.950 bits per heavy atom. The Bertz CT molecular complexity index is 225. The fourth-order valence-corrected chi connectivity index (χ4v) is 0. The second-order valence-electron chi connectivity index (χ2n) is 2.99. The van der Waals surface area contributed by atoms with E-state index in [1.807, 2.05) is 6.92 Å². The molecule has 0 rings (SSSR count). The van der Waals surface area contributed by atoms with Gasteiger partial charge in [-0.05, 0) is 6.42 Å². The summed E-state index contributed by atoms with van der Waals surface area (Å²) in [5, 5.41) is 7.62. The largest absolute Gasteiger partial charge is 0.481 e. The van der Waals surface area contributed by atoms with E-state index in [-0.39, 0.29) is 16.7 Å². The van der Waals surface area contributed by atoms with E-state index in [1.165, 1.54) is 0 Å². The minimum absolute atomic E-state index is 0.0509. The zero-order valence-corrected chi connectivity index (χ0v) is 15.8. The molecule has 0 amide bonds. The molecule has 0 aliphatic heterocycles. The zero-order chi connectivity index (χ0) is 17.1. The summed E-state index contributed by atoms with van der Waals surface area (Å²) < 4.78 is 0.782. The maximum absolute atomic E-state index is 9.68. The maximum Gasteiger partial charge on any atom is 0.303 e. The second-order valence-corrected chi connectivity index (χ2v) is 5.32. The minimum atomic E-state index is -0.745. The highest BCUT2D eigenvalue weighted by molar-refractivity contribution is 8.11. The Morgan fingerprint density at radius 2 is 0.950 bits per heavy atom. The molecule has 20 heavy (non-hydrogen) atoms. The van der Waals surface area contributed by atoms with E-state index in [4.69, 9.17) is 5.11 Å². The molecule has 0 bridgehead atoms. The smallest absolute Gasteiger partial charge is 0.303 e. The Morgan fingerprint density at radius 1 is 0.800 bits per heavy atom. The summed E-state index contributed by atoms with van der Waals surface area (Å²) in [6.07, 6.45) is 2.19. The van der Waals surface area contributed by atoms with Gasteiger partial charge in [0.2, 0.25) is 0 Å². The summed E-state index contributed by atoms with van der Waals surface area (Å²) in [5.41, 5.74) is 0. The molecule has 0 fully saturated rings. The third-order valence-corrected chi connectivity index (χ3v) is 2.45. The molecule has 0 aliphatic rings. The summed E-state index contributed by atoms with van der Waals surface area (Å²) in [4.78, 5) is 28.7. The van der Waals surface area contributed by atoms with Gasteiger partial charge in [0.15, 0.2) is 10.2 Å². The van der Waals surface area contributed by atoms with Crippen molar-refractivity contribution in [1.29, 1.82) is 0 Å². The molecule has 0 saturated heterocycles. The number of rotatable bonds is 4. The highest BCUT2D eigenvalue weighted by atomic mass is 32.1. The molecule has 0 unspecified atom stereocenters. The first-order valence-electron chi connectivity index (χ1n) is 5.95. The van der Waals surface area contributed by atoms with Crippen LogP contribution in [0.15, 0.2) is 0 Å². The molecule has 0 atom stereocenters. The Kier molecular flexibility index (Phi) is 33.8. The lowest BCUT2D eigenvalue weighted by molar-refractivity contribution is -0.136. The number of hydrogen-bond donors (Lipinski definition) is 4. The van der Waals surface area contributed by atoms with Crippen molar-refractivity contribution in [2.75, 3.05) is 0 Å². The number of aliphatic carboxylic acids is 1. The molecule has 0 aromatic carbocycles. The molecule has 1 N–H and O–H groups in total. The van der Waals surface area contributed by atoms with E-state index in [0.29, 0.717) is 12.8 Å². The van der Waals surface area contributed by atoms with Gasteiger partial charge >= 0.3 is 5.97 Å². The van der Waals surface area contributed by atoms with Crippen molar-refractivity contribution in [1.82, 2.24) is 0 Å². The molecule has 8 heteroatoms. The summed E-state index contributed by atoms with van der Waals surface area (Å²) >= 11 is 15.3. The van der Waals surface area contributed by atoms with Gasteiger partial charge in [0, 0.05) is 23.5 Å². The van der Waals surface area contributed by atoms with E-state index in [2.05, 4.69) is 50.1 Å². The van der Waals surface area contributed by atoms with Gasteiger partial charge in [0.05, 0.1) is 0 Å². The van der Waals surface area contributed by atoms with E-state index in [0.717, 1.165) is 10.6 Å². The van der Waals surface area contributed by atoms with E-state index in [9.17, 15) is 14.4 Å². The summed E-state index contributed by atoms with van der Waals surface area (Å²) in [5.74, 6) is -0.745. The average Bonchev–Trinajstić information content (AvgIpc) is 2.40. The second kappa shape index (κ2) is 24.0. The van der Waals surface area contributed by atoms with Crippen molar-refractivity contribution in [2.24, 2.45) is 0 Å². The number of thiocarbonyl (C=S) groups is 1. The average molecular weight is 361 g/mol. The first-order chi connectivity index (χ1) is 9.08. The highest BCUT2D eigenvalue weighted by Crippen LogP contribution is 1.86. The van der Waals surface area contributed by atoms with Crippen molar-refractivity contribution < 1.29 is 19.5 Å². The molecule has 120 valence electrons. The van der Waals surface area contributed by atoms with Crippen LogP contribution in [0.5, 0.6) is 0 Å². The molecule has 0 saturated carbocycles. The molecule has 0 aromatic rings. The number of carbonyl (C=O) groups is 3. The van der Waals surface area contributed by atoms with E-state index in [1.54, 1.807) is 20.8 Å². The van der Waals surface area contributed by atoms with Crippen LogP contribution in [0, 0.1) is 0 Å². The van der Waals surface area contributed by atoms with Crippen LogP contribution >= 0.6 is 50.1 Å². The topological polar surface area (TPSA) is 71.4 Å². The van der Waals surface area contributed by atoms with Crippen LogP contribution in [0.25, 0.3) is 0 Å². The van der Waals surface area contributed by atoms with Crippen LogP contribution in [0.3, 0.4) is 0 Å². The van der Waals surface area contributed by atoms with Gasteiger partial charge < -0.3 is 5.11 Å². The van der Waals surface area contributed by atoms with Crippen LogP contribution in [0.1, 0.15) is 53.4 Å². The molecular weight excluding hydrogens is 336 g/mol. The first kappa shape index (κ1) is 28.2. The fourth-order valence-electron chi connectivity index (χ4n) is 0. The van der Waals surface area contributed by atoms with Crippen LogP contribution in [-0.2, 0) is 14.4 Å². The van der Waals surface area contributed by atoms with Gasteiger partial charge in [-0.2, -0.15) is 0 Å². The quantitative estimate of drug-likeness (QED) is 0.453. The lowest BCUT2D eigenvalue weighted by Crippen LogP contribution is -1.86. The molecule has 0 heterocycles. The monoisotopic (exact) mass is 360 g/mol. The minimum Gasteiger partial charge on any atom is -0.481 e. The summed E-state index contributed by atoms with van der Waals surface area (Å²) in [7, 11) is 0. The SMILES string of the molecule is CCC(=O)O.CCC(=O)S.CCC(=O)S.CCC(=S)S. The molecule has 0 aliphatic carbocycles. The van der Waals surface area contributed by atoms with Crippen molar-refractivity contribution in [3.63, 3.8) is 0 Å². The third-order valence-electron chi connectivity index (χ3n) is 1.21. The van der Waals surface area contributed by atoms with Crippen LogP contribution < -0.4 is 0 Å². The predicted octanol–water partition coefficient (Wildman–Crippen LogP) is 3.84. The van der Waals surface area contributed by atoms with E-state index >= 15 is 0 Å². The maximum atomic E-state index is 9.68. The zero-order valence-electron chi connectivity index (χ0n) is 12.3. The van der Waals surface area contributed by atoms with Crippen molar-refractivity contribution in [3.05, 3.63) is 0 Å². The predicted molar refractivity (Wildman–Crippen MR) is 98.4 cm³/mol. The van der Waals surface area contributed by atoms with Crippen LogP contribution in [0.2, 0.25) is 0 Å². The molecule has 0 aromatic heterocycles. The van der Waals surface area contributed by atoms with Crippen LogP contribution in [0.4, 0.5) is 0 Å². The number of carboxylic acid groups (broad SMARTS) is 1. The molecule has 0 spiro atoms. The lowest BCUT2D eigenvalue weighted by atomic mass is 10.5. The summed E-state index contributed by atoms with van der Waals surface area (Å²) in [6, 6.07) is 0. The number of carboxylic acids is 1. The standard InChI is InChI=1S/C3H6O2.2C3H6OS.C3H6S2/c4*1-2-3(4)5/h4*2H2,1H3,(H,4,5). The van der Waals surface area contributed by atoms with E-state index < -0.39 is 5.97 Å². The third kappa shape index (κ3) is 81.6. The van der Waals surface area contributed by atoms with Gasteiger partial charge in [-0.3, -0.25) is 14.4 Å².